The van der Waals surface area contributed by atoms with E-state index in [1.54, 1.807) is 41.1 Å². The Balaban J connectivity index is 1.43. The summed E-state index contributed by atoms with van der Waals surface area (Å²) >= 11 is 0. The Morgan fingerprint density at radius 3 is 2.47 bits per heavy atom. The second-order valence-corrected chi connectivity index (χ2v) is 8.58. The highest BCUT2D eigenvalue weighted by Gasteiger charge is 2.24. The molecular weight excluding hydrogens is 484 g/mol. The van der Waals surface area contributed by atoms with Gasteiger partial charge in [-0.15, -0.1) is 5.10 Å². The SMILES string of the molecule is Cn1cc(CCOc2ccc([C@@H](NC(=O)OCc3ccccc3)C(=O)Nc3cccc(CN)c3)cc2)nn1. The molecule has 0 unspecified atom stereocenters. The van der Waals surface area contributed by atoms with E-state index < -0.39 is 18.0 Å². The van der Waals surface area contributed by atoms with Crippen LogP contribution in [-0.4, -0.2) is 33.6 Å². The average Bonchev–Trinajstić information content (AvgIpc) is 3.36. The van der Waals surface area contributed by atoms with Gasteiger partial charge in [0.1, 0.15) is 18.4 Å². The van der Waals surface area contributed by atoms with Gasteiger partial charge in [-0.25, -0.2) is 4.79 Å². The fourth-order valence-corrected chi connectivity index (χ4v) is 3.71. The lowest BCUT2D eigenvalue weighted by Gasteiger charge is -2.19. The third-order valence-electron chi connectivity index (χ3n) is 5.66. The largest absolute Gasteiger partial charge is 0.493 e. The number of carbonyl (C=O) groups is 2. The van der Waals surface area contributed by atoms with Crippen molar-refractivity contribution in [1.29, 1.82) is 0 Å². The standard InChI is InChI=1S/C28H30N6O4/c1-34-18-24(32-33-34)14-15-37-25-12-10-22(11-13-25)26(27(35)30-23-9-5-8-21(16-23)17-29)31-28(36)38-19-20-6-3-2-4-7-20/h2-13,16,18,26H,14-15,17,19,29H2,1H3,(H,30,35)(H,31,36)/t26-/m1/s1. The lowest BCUT2D eigenvalue weighted by Crippen LogP contribution is -2.37. The first-order valence-electron chi connectivity index (χ1n) is 12.1. The Kier molecular flexibility index (Phi) is 9.03. The molecule has 0 spiro atoms. The molecule has 0 aliphatic heterocycles. The first-order valence-corrected chi connectivity index (χ1v) is 12.1. The zero-order valence-electron chi connectivity index (χ0n) is 21.0. The van der Waals surface area contributed by atoms with E-state index in [1.807, 2.05) is 55.7 Å². The summed E-state index contributed by atoms with van der Waals surface area (Å²) in [7, 11) is 1.81. The second kappa shape index (κ2) is 13.0. The van der Waals surface area contributed by atoms with E-state index in [4.69, 9.17) is 15.2 Å². The van der Waals surface area contributed by atoms with Gasteiger partial charge in [0.15, 0.2) is 0 Å². The topological polar surface area (TPSA) is 133 Å². The van der Waals surface area contributed by atoms with E-state index in [0.29, 0.717) is 36.6 Å². The molecule has 0 saturated heterocycles. The van der Waals surface area contributed by atoms with Crippen molar-refractivity contribution < 1.29 is 19.1 Å². The zero-order chi connectivity index (χ0) is 26.7. The van der Waals surface area contributed by atoms with Crippen LogP contribution in [0.15, 0.2) is 85.1 Å². The van der Waals surface area contributed by atoms with Crippen LogP contribution in [0.5, 0.6) is 5.75 Å². The molecule has 4 rings (SSSR count). The predicted molar refractivity (Wildman–Crippen MR) is 142 cm³/mol. The number of alkyl carbamates (subject to hydrolysis) is 1. The van der Waals surface area contributed by atoms with Gasteiger partial charge in [-0.3, -0.25) is 9.48 Å². The molecule has 4 N–H and O–H groups in total. The first kappa shape index (κ1) is 26.4. The molecule has 2 amide bonds. The fraction of sp³-hybridized carbons (Fsp3) is 0.214. The van der Waals surface area contributed by atoms with Crippen LogP contribution in [0, 0.1) is 0 Å². The normalized spacial score (nSPS) is 11.4. The zero-order valence-corrected chi connectivity index (χ0v) is 21.0. The lowest BCUT2D eigenvalue weighted by molar-refractivity contribution is -0.118. The van der Waals surface area contributed by atoms with Crippen molar-refractivity contribution in [3.05, 3.63) is 107 Å². The molecule has 0 radical (unpaired) electrons. The van der Waals surface area contributed by atoms with Gasteiger partial charge in [-0.1, -0.05) is 59.8 Å². The monoisotopic (exact) mass is 514 g/mol. The number of hydrogen-bond acceptors (Lipinski definition) is 7. The Labute approximate surface area is 220 Å². The molecule has 38 heavy (non-hydrogen) atoms. The maximum atomic E-state index is 13.3. The van der Waals surface area contributed by atoms with Crippen LogP contribution in [0.1, 0.15) is 28.4 Å². The van der Waals surface area contributed by atoms with Crippen LogP contribution in [0.3, 0.4) is 0 Å². The summed E-state index contributed by atoms with van der Waals surface area (Å²) in [5.41, 5.74) is 9.41. The second-order valence-electron chi connectivity index (χ2n) is 8.58. The van der Waals surface area contributed by atoms with Crippen molar-refractivity contribution in [3.63, 3.8) is 0 Å². The van der Waals surface area contributed by atoms with E-state index in [9.17, 15) is 9.59 Å². The van der Waals surface area contributed by atoms with Crippen LogP contribution in [-0.2, 0) is 36.2 Å². The van der Waals surface area contributed by atoms with Gasteiger partial charge in [0.05, 0.1) is 12.3 Å². The Bertz CT molecular complexity index is 1340. The van der Waals surface area contributed by atoms with Crippen LogP contribution in [0.4, 0.5) is 10.5 Å². The summed E-state index contributed by atoms with van der Waals surface area (Å²) in [5, 5.41) is 13.5. The third kappa shape index (κ3) is 7.65. The maximum Gasteiger partial charge on any atom is 0.408 e. The average molecular weight is 515 g/mol. The number of nitrogens with one attached hydrogen (secondary N) is 2. The van der Waals surface area contributed by atoms with Crippen LogP contribution >= 0.6 is 0 Å². The van der Waals surface area contributed by atoms with Gasteiger partial charge < -0.3 is 25.8 Å². The predicted octanol–water partition coefficient (Wildman–Crippen LogP) is 3.50. The number of amides is 2. The molecule has 0 aliphatic rings. The maximum absolute atomic E-state index is 13.3. The molecular formula is C28H30N6O4. The molecule has 3 aromatic carbocycles. The van der Waals surface area contributed by atoms with Gasteiger partial charge >= 0.3 is 6.09 Å². The minimum Gasteiger partial charge on any atom is -0.493 e. The minimum atomic E-state index is -1.01. The highest BCUT2D eigenvalue weighted by Crippen LogP contribution is 2.21. The third-order valence-corrected chi connectivity index (χ3v) is 5.66. The molecule has 196 valence electrons. The van der Waals surface area contributed by atoms with Crippen molar-refractivity contribution in [3.8, 4) is 5.75 Å². The first-order chi connectivity index (χ1) is 18.5. The summed E-state index contributed by atoms with van der Waals surface area (Å²) in [6.07, 6.45) is 1.73. The number of nitrogens with two attached hydrogens (primary N) is 1. The molecule has 1 heterocycles. The lowest BCUT2D eigenvalue weighted by atomic mass is 10.1. The smallest absolute Gasteiger partial charge is 0.408 e. The summed E-state index contributed by atoms with van der Waals surface area (Å²) < 4.78 is 12.8. The molecule has 0 aliphatic carbocycles. The van der Waals surface area contributed by atoms with Crippen molar-refractivity contribution in [1.82, 2.24) is 20.3 Å². The summed E-state index contributed by atoms with van der Waals surface area (Å²) in [6, 6.07) is 22.5. The van der Waals surface area contributed by atoms with Crippen LogP contribution < -0.4 is 21.1 Å². The molecule has 0 bridgehead atoms. The van der Waals surface area contributed by atoms with Gasteiger partial charge in [-0.2, -0.15) is 0 Å². The van der Waals surface area contributed by atoms with E-state index in [2.05, 4.69) is 20.9 Å². The number of ether oxygens (including phenoxy) is 2. The number of aromatic nitrogens is 3. The number of hydrogen-bond donors (Lipinski definition) is 3. The minimum absolute atomic E-state index is 0.0815. The molecule has 1 aromatic heterocycles. The number of nitrogens with zero attached hydrogens (tertiary/aromatic N) is 3. The van der Waals surface area contributed by atoms with Gasteiger partial charge in [0.25, 0.3) is 5.91 Å². The molecule has 10 heteroatoms. The van der Waals surface area contributed by atoms with Crippen LogP contribution in [0.2, 0.25) is 0 Å². The number of benzene rings is 3. The summed E-state index contributed by atoms with van der Waals surface area (Å²) in [5.74, 6) is 0.200. The van der Waals surface area contributed by atoms with Crippen molar-refractivity contribution in [2.75, 3.05) is 11.9 Å². The van der Waals surface area contributed by atoms with Gasteiger partial charge in [0.2, 0.25) is 0 Å². The Morgan fingerprint density at radius 1 is 1.00 bits per heavy atom. The number of carbonyl (C=O) groups excluding carboxylic acids is 2. The number of aryl methyl sites for hydroxylation is 1. The highest BCUT2D eigenvalue weighted by molar-refractivity contribution is 5.97. The van der Waals surface area contributed by atoms with E-state index >= 15 is 0 Å². The number of anilines is 1. The molecule has 10 nitrogen and oxygen atoms in total. The van der Waals surface area contributed by atoms with Gasteiger partial charge in [0, 0.05) is 31.9 Å². The molecule has 0 fully saturated rings. The Morgan fingerprint density at radius 2 is 1.76 bits per heavy atom. The highest BCUT2D eigenvalue weighted by atomic mass is 16.5. The molecule has 0 saturated carbocycles. The van der Waals surface area contributed by atoms with Crippen molar-refractivity contribution in [2.24, 2.45) is 12.8 Å². The quantitative estimate of drug-likeness (QED) is 0.279. The van der Waals surface area contributed by atoms with Gasteiger partial charge in [-0.05, 0) is 41.0 Å². The molecule has 4 aromatic rings. The Hall–Kier alpha value is -4.70. The van der Waals surface area contributed by atoms with E-state index in [1.165, 1.54) is 0 Å². The van der Waals surface area contributed by atoms with Crippen molar-refractivity contribution in [2.45, 2.75) is 25.6 Å². The fourth-order valence-electron chi connectivity index (χ4n) is 3.71. The number of rotatable bonds is 11. The van der Waals surface area contributed by atoms with E-state index in [0.717, 1.165) is 16.8 Å². The summed E-state index contributed by atoms with van der Waals surface area (Å²) in [4.78, 5) is 25.9. The summed E-state index contributed by atoms with van der Waals surface area (Å²) in [6.45, 7) is 0.844. The van der Waals surface area contributed by atoms with Crippen molar-refractivity contribution >= 4 is 17.7 Å². The molecule has 1 atom stereocenters. The van der Waals surface area contributed by atoms with E-state index in [-0.39, 0.29) is 6.61 Å². The van der Waals surface area contributed by atoms with Crippen LogP contribution in [0.25, 0.3) is 0 Å².